The SMILES string of the molecule is COCCOCCC[NH]. The predicted octanol–water partition coefficient (Wildman–Crippen LogP) is 0.322. The molecule has 55 valence electrons. The summed E-state index contributed by atoms with van der Waals surface area (Å²) in [4.78, 5) is 0. The van der Waals surface area contributed by atoms with Crippen LogP contribution in [-0.4, -0.2) is 33.5 Å². The van der Waals surface area contributed by atoms with Crippen LogP contribution in [0.2, 0.25) is 0 Å². The zero-order valence-electron chi connectivity index (χ0n) is 5.85. The van der Waals surface area contributed by atoms with E-state index in [0.717, 1.165) is 6.42 Å². The smallest absolute Gasteiger partial charge is 0.0700 e. The van der Waals surface area contributed by atoms with E-state index >= 15 is 0 Å². The average molecular weight is 132 g/mol. The minimum atomic E-state index is 0.451. The van der Waals surface area contributed by atoms with Gasteiger partial charge in [-0.1, -0.05) is 0 Å². The summed E-state index contributed by atoms with van der Waals surface area (Å²) in [6.45, 7) is 2.44. The number of hydrogen-bond donors (Lipinski definition) is 0. The third-order valence-electron chi connectivity index (χ3n) is 0.897. The van der Waals surface area contributed by atoms with Crippen molar-refractivity contribution in [2.75, 3.05) is 33.5 Å². The molecule has 0 rings (SSSR count). The summed E-state index contributed by atoms with van der Waals surface area (Å²) in [6, 6.07) is 0. The average Bonchev–Trinajstić information content (AvgIpc) is 1.89. The van der Waals surface area contributed by atoms with Crippen LogP contribution in [0.1, 0.15) is 6.42 Å². The van der Waals surface area contributed by atoms with Crippen LogP contribution >= 0.6 is 0 Å². The maximum absolute atomic E-state index is 6.77. The maximum Gasteiger partial charge on any atom is 0.0700 e. The van der Waals surface area contributed by atoms with E-state index in [0.29, 0.717) is 26.4 Å². The predicted molar refractivity (Wildman–Crippen MR) is 35.3 cm³/mol. The molecule has 3 heteroatoms. The Bertz CT molecular complexity index is 44.3. The Morgan fingerprint density at radius 1 is 1.22 bits per heavy atom. The zero-order chi connectivity index (χ0) is 6.95. The summed E-state index contributed by atoms with van der Waals surface area (Å²) in [5.74, 6) is 0. The largest absolute Gasteiger partial charge is 0.382 e. The fourth-order valence-electron chi connectivity index (χ4n) is 0.419. The maximum atomic E-state index is 6.77. The molecule has 9 heavy (non-hydrogen) atoms. The van der Waals surface area contributed by atoms with Crippen molar-refractivity contribution in [2.24, 2.45) is 0 Å². The van der Waals surface area contributed by atoms with Gasteiger partial charge in [-0.2, -0.15) is 0 Å². The molecule has 0 aliphatic rings. The summed E-state index contributed by atoms with van der Waals surface area (Å²) in [6.07, 6.45) is 0.823. The molecule has 0 aromatic rings. The number of ether oxygens (including phenoxy) is 2. The summed E-state index contributed by atoms with van der Waals surface area (Å²) >= 11 is 0. The van der Waals surface area contributed by atoms with Gasteiger partial charge in [0, 0.05) is 20.3 Å². The van der Waals surface area contributed by atoms with E-state index in [1.54, 1.807) is 7.11 Å². The first-order chi connectivity index (χ1) is 4.41. The molecule has 1 radical (unpaired) electrons. The first-order valence-electron chi connectivity index (χ1n) is 3.13. The van der Waals surface area contributed by atoms with E-state index in [9.17, 15) is 0 Å². The number of nitrogens with one attached hydrogen (secondary N) is 1. The van der Waals surface area contributed by atoms with E-state index in [4.69, 9.17) is 15.2 Å². The van der Waals surface area contributed by atoms with Gasteiger partial charge in [-0.3, -0.25) is 5.73 Å². The second-order valence-electron chi connectivity index (χ2n) is 1.71. The zero-order valence-corrected chi connectivity index (χ0v) is 5.85. The van der Waals surface area contributed by atoms with Crippen LogP contribution in [0, 0.1) is 0 Å². The number of hydrogen-bond acceptors (Lipinski definition) is 2. The number of rotatable bonds is 6. The van der Waals surface area contributed by atoms with Crippen LogP contribution in [0.5, 0.6) is 0 Å². The molecular weight excluding hydrogens is 118 g/mol. The van der Waals surface area contributed by atoms with Gasteiger partial charge in [-0.25, -0.2) is 0 Å². The van der Waals surface area contributed by atoms with Gasteiger partial charge >= 0.3 is 0 Å². The first-order valence-corrected chi connectivity index (χ1v) is 3.13. The first kappa shape index (κ1) is 8.88. The molecule has 0 aromatic heterocycles. The summed E-state index contributed by atoms with van der Waals surface area (Å²) in [5.41, 5.74) is 6.77. The Kier molecular flexibility index (Phi) is 7.77. The van der Waals surface area contributed by atoms with E-state index in [1.165, 1.54) is 0 Å². The van der Waals surface area contributed by atoms with Gasteiger partial charge in [0.2, 0.25) is 0 Å². The molecule has 0 saturated carbocycles. The molecule has 0 aliphatic carbocycles. The molecule has 0 unspecified atom stereocenters. The molecule has 0 saturated heterocycles. The molecule has 0 amide bonds. The lowest BCUT2D eigenvalue weighted by atomic mass is 10.5. The Hall–Kier alpha value is -0.120. The van der Waals surface area contributed by atoms with Crippen LogP contribution in [0.4, 0.5) is 0 Å². The van der Waals surface area contributed by atoms with Crippen LogP contribution in [0.3, 0.4) is 0 Å². The van der Waals surface area contributed by atoms with E-state index in [2.05, 4.69) is 0 Å². The molecule has 0 aliphatic heterocycles. The van der Waals surface area contributed by atoms with Crippen LogP contribution in [-0.2, 0) is 9.47 Å². The Morgan fingerprint density at radius 3 is 2.56 bits per heavy atom. The van der Waals surface area contributed by atoms with Crippen molar-refractivity contribution in [2.45, 2.75) is 6.42 Å². The fourth-order valence-corrected chi connectivity index (χ4v) is 0.419. The summed E-state index contributed by atoms with van der Waals surface area (Å²) in [7, 11) is 1.65. The second kappa shape index (κ2) is 7.88. The fraction of sp³-hybridized carbons (Fsp3) is 1.00. The third kappa shape index (κ3) is 7.88. The Balaban J connectivity index is 2.60. The highest BCUT2D eigenvalue weighted by Crippen LogP contribution is 1.79. The van der Waals surface area contributed by atoms with Gasteiger partial charge in [-0.05, 0) is 6.42 Å². The highest BCUT2D eigenvalue weighted by Gasteiger charge is 1.84. The van der Waals surface area contributed by atoms with Crippen molar-refractivity contribution >= 4 is 0 Å². The van der Waals surface area contributed by atoms with E-state index < -0.39 is 0 Å². The lowest BCUT2D eigenvalue weighted by Crippen LogP contribution is -2.04. The minimum absolute atomic E-state index is 0.451. The minimum Gasteiger partial charge on any atom is -0.382 e. The Morgan fingerprint density at radius 2 is 2.00 bits per heavy atom. The van der Waals surface area contributed by atoms with Crippen molar-refractivity contribution in [3.05, 3.63) is 0 Å². The lowest BCUT2D eigenvalue weighted by Gasteiger charge is -1.99. The van der Waals surface area contributed by atoms with Crippen molar-refractivity contribution in [3.63, 3.8) is 0 Å². The van der Waals surface area contributed by atoms with Gasteiger partial charge in [0.15, 0.2) is 0 Å². The van der Waals surface area contributed by atoms with Gasteiger partial charge < -0.3 is 9.47 Å². The summed E-state index contributed by atoms with van der Waals surface area (Å²) < 4.78 is 9.82. The Labute approximate surface area is 56.1 Å². The van der Waals surface area contributed by atoms with Gasteiger partial charge in [0.1, 0.15) is 0 Å². The molecule has 0 aromatic carbocycles. The second-order valence-corrected chi connectivity index (χ2v) is 1.71. The van der Waals surface area contributed by atoms with Crippen molar-refractivity contribution in [3.8, 4) is 0 Å². The third-order valence-corrected chi connectivity index (χ3v) is 0.897. The van der Waals surface area contributed by atoms with Gasteiger partial charge in [0.05, 0.1) is 13.2 Å². The molecule has 0 spiro atoms. The quantitative estimate of drug-likeness (QED) is 0.488. The van der Waals surface area contributed by atoms with E-state index in [1.807, 2.05) is 0 Å². The number of methoxy groups -OCH3 is 1. The molecule has 1 N–H and O–H groups in total. The molecule has 0 bridgehead atoms. The van der Waals surface area contributed by atoms with Crippen molar-refractivity contribution in [1.82, 2.24) is 5.73 Å². The van der Waals surface area contributed by atoms with Gasteiger partial charge in [0.25, 0.3) is 0 Å². The van der Waals surface area contributed by atoms with Crippen LogP contribution < -0.4 is 5.73 Å². The standard InChI is InChI=1S/C6H14NO2/c1-8-5-6-9-4-2-3-7/h7H,2-6H2,1H3. The monoisotopic (exact) mass is 132 g/mol. The van der Waals surface area contributed by atoms with E-state index in [-0.39, 0.29) is 0 Å². The lowest BCUT2D eigenvalue weighted by molar-refractivity contribution is 0.0701. The molecule has 0 atom stereocenters. The van der Waals surface area contributed by atoms with Crippen LogP contribution in [0.15, 0.2) is 0 Å². The highest BCUT2D eigenvalue weighted by atomic mass is 16.5. The highest BCUT2D eigenvalue weighted by molar-refractivity contribution is 4.34. The molecule has 3 nitrogen and oxygen atoms in total. The summed E-state index contributed by atoms with van der Waals surface area (Å²) in [5, 5.41) is 0. The topological polar surface area (TPSA) is 42.3 Å². The normalized spacial score (nSPS) is 10.0. The van der Waals surface area contributed by atoms with Gasteiger partial charge in [-0.15, -0.1) is 0 Å². The van der Waals surface area contributed by atoms with Crippen molar-refractivity contribution < 1.29 is 9.47 Å². The van der Waals surface area contributed by atoms with Crippen LogP contribution in [0.25, 0.3) is 0 Å². The molecular formula is C6H14NO2. The molecule has 0 heterocycles. The molecule has 0 fully saturated rings. The van der Waals surface area contributed by atoms with Crippen molar-refractivity contribution in [1.29, 1.82) is 0 Å².